The number of rotatable bonds is 7. The maximum absolute atomic E-state index is 13.1. The second kappa shape index (κ2) is 9.51. The Morgan fingerprint density at radius 1 is 1.06 bits per heavy atom. The molecule has 0 saturated carbocycles. The van der Waals surface area contributed by atoms with Gasteiger partial charge in [-0.3, -0.25) is 18.7 Å². The van der Waals surface area contributed by atoms with Crippen LogP contribution in [0.15, 0.2) is 59.3 Å². The summed E-state index contributed by atoms with van der Waals surface area (Å²) in [5.41, 5.74) is -1.83. The molecule has 0 fully saturated rings. The van der Waals surface area contributed by atoms with Gasteiger partial charge in [0.2, 0.25) is 6.79 Å². The van der Waals surface area contributed by atoms with Crippen LogP contribution in [0.1, 0.15) is 19.4 Å². The van der Waals surface area contributed by atoms with Crippen molar-refractivity contribution in [2.24, 2.45) is 5.41 Å². The molecule has 34 heavy (non-hydrogen) atoms. The van der Waals surface area contributed by atoms with Gasteiger partial charge in [-0.15, -0.1) is 0 Å². The van der Waals surface area contributed by atoms with E-state index < -0.39 is 40.1 Å². The zero-order valence-corrected chi connectivity index (χ0v) is 19.7. The molecule has 180 valence electrons. The van der Waals surface area contributed by atoms with Crippen molar-refractivity contribution >= 4 is 39.4 Å². The van der Waals surface area contributed by atoms with Crippen LogP contribution in [0.3, 0.4) is 0 Å². The molecule has 0 saturated heterocycles. The molecule has 2 heterocycles. The summed E-state index contributed by atoms with van der Waals surface area (Å²) in [7, 11) is -1.73. The molecule has 0 unspecified atom stereocenters. The number of hydrogen-bond donors (Lipinski definition) is 1. The number of pyridine rings is 1. The van der Waals surface area contributed by atoms with Crippen LogP contribution in [-0.2, 0) is 38.6 Å². The first-order valence-corrected chi connectivity index (χ1v) is 11.4. The van der Waals surface area contributed by atoms with E-state index in [1.807, 2.05) is 0 Å². The highest BCUT2D eigenvalue weighted by atomic mass is 32.2. The molecule has 2 aromatic rings. The molecule has 0 radical (unpaired) electrons. The number of likely N-dealkylation sites (N-methyl/N-ethyl adjacent to an activating group) is 1. The number of nitrogens with zero attached hydrogens (tertiary/aromatic N) is 2. The smallest absolute Gasteiger partial charge is 0.325 e. The third kappa shape index (κ3) is 4.57. The average Bonchev–Trinajstić information content (AvgIpc) is 2.82. The Morgan fingerprint density at radius 2 is 1.74 bits per heavy atom. The Balaban J connectivity index is 1.97. The summed E-state index contributed by atoms with van der Waals surface area (Å²) in [5.74, 6) is -2.48. The van der Waals surface area contributed by atoms with Crippen molar-refractivity contribution < 1.29 is 37.0 Å². The molecule has 3 rings (SSSR count). The van der Waals surface area contributed by atoms with Gasteiger partial charge in [-0.05, 0) is 38.1 Å². The zero-order chi connectivity index (χ0) is 25.1. The molecule has 1 N–H and O–H groups in total. The topological polar surface area (TPSA) is 141 Å². The number of nitrogens with one attached hydrogen (secondary N) is 1. The van der Waals surface area contributed by atoms with Crippen molar-refractivity contribution in [2.75, 3.05) is 26.3 Å². The quantitative estimate of drug-likeness (QED) is 0.350. The van der Waals surface area contributed by atoms with Crippen molar-refractivity contribution in [1.82, 2.24) is 9.29 Å². The standard InChI is InChI=1S/C22H23N3O8S/c1-22(2,20(27)31-4)21(28)33-13-32-18-14-9-5-6-10-15(14)34(29,30)25(3)17(18)19(26)24-16-11-7-8-12-23-16/h5-12H,13H2,1-4H3,(H,23,24,26). The third-order valence-electron chi connectivity index (χ3n) is 5.02. The van der Waals surface area contributed by atoms with Crippen LogP contribution in [-0.4, -0.2) is 56.5 Å². The van der Waals surface area contributed by atoms with Gasteiger partial charge in [0.25, 0.3) is 15.9 Å². The molecule has 1 aliphatic heterocycles. The highest BCUT2D eigenvalue weighted by Gasteiger charge is 2.41. The van der Waals surface area contributed by atoms with Crippen LogP contribution in [0.2, 0.25) is 0 Å². The minimum atomic E-state index is -4.07. The number of carbonyl (C=O) groups is 3. The Morgan fingerprint density at radius 3 is 2.38 bits per heavy atom. The van der Waals surface area contributed by atoms with E-state index >= 15 is 0 Å². The minimum Gasteiger partial charge on any atom is -0.468 e. The molecule has 0 atom stereocenters. The van der Waals surface area contributed by atoms with Crippen LogP contribution < -0.4 is 5.32 Å². The number of esters is 2. The predicted octanol–water partition coefficient (Wildman–Crippen LogP) is 1.74. The number of aromatic nitrogens is 1. The summed E-state index contributed by atoms with van der Waals surface area (Å²) in [4.78, 5) is 41.2. The van der Waals surface area contributed by atoms with Gasteiger partial charge in [-0.1, -0.05) is 18.2 Å². The third-order valence-corrected chi connectivity index (χ3v) is 6.84. The lowest BCUT2D eigenvalue weighted by Crippen LogP contribution is -2.38. The van der Waals surface area contributed by atoms with Gasteiger partial charge in [0.1, 0.15) is 5.82 Å². The van der Waals surface area contributed by atoms with E-state index in [-0.39, 0.29) is 27.7 Å². The van der Waals surface area contributed by atoms with E-state index in [1.54, 1.807) is 18.2 Å². The molecule has 1 aromatic carbocycles. The molecule has 0 bridgehead atoms. The lowest BCUT2D eigenvalue weighted by Gasteiger charge is -2.30. The van der Waals surface area contributed by atoms with Crippen molar-refractivity contribution in [1.29, 1.82) is 0 Å². The highest BCUT2D eigenvalue weighted by molar-refractivity contribution is 7.89. The summed E-state index contributed by atoms with van der Waals surface area (Å²) in [6.07, 6.45) is 1.46. The van der Waals surface area contributed by atoms with E-state index in [1.165, 1.54) is 51.4 Å². The normalized spacial score (nSPS) is 14.6. The van der Waals surface area contributed by atoms with E-state index in [0.717, 1.165) is 11.4 Å². The van der Waals surface area contributed by atoms with Crippen LogP contribution in [0.25, 0.3) is 5.76 Å². The molecule has 0 aliphatic carbocycles. The number of fused-ring (bicyclic) bond motifs is 1. The molecule has 1 amide bonds. The van der Waals surface area contributed by atoms with E-state index in [0.29, 0.717) is 0 Å². The molecule has 0 spiro atoms. The highest BCUT2D eigenvalue weighted by Crippen LogP contribution is 2.37. The number of ether oxygens (including phenoxy) is 3. The Kier molecular flexibility index (Phi) is 6.91. The maximum Gasteiger partial charge on any atom is 0.325 e. The first kappa shape index (κ1) is 24.7. The van der Waals surface area contributed by atoms with Gasteiger partial charge in [0.15, 0.2) is 16.9 Å². The first-order chi connectivity index (χ1) is 16.0. The summed E-state index contributed by atoms with van der Waals surface area (Å²) >= 11 is 0. The van der Waals surface area contributed by atoms with Crippen molar-refractivity contribution in [2.45, 2.75) is 18.7 Å². The van der Waals surface area contributed by atoms with Gasteiger partial charge < -0.3 is 19.5 Å². The van der Waals surface area contributed by atoms with Crippen molar-refractivity contribution in [3.05, 3.63) is 59.9 Å². The molecular weight excluding hydrogens is 466 g/mol. The minimum absolute atomic E-state index is 0.0943. The first-order valence-electron chi connectivity index (χ1n) is 9.95. The van der Waals surface area contributed by atoms with Gasteiger partial charge in [0, 0.05) is 18.8 Å². The summed E-state index contributed by atoms with van der Waals surface area (Å²) in [6.45, 7) is 1.95. The van der Waals surface area contributed by atoms with Gasteiger partial charge in [0.05, 0.1) is 12.0 Å². The fourth-order valence-electron chi connectivity index (χ4n) is 3.08. The maximum atomic E-state index is 13.1. The van der Waals surface area contributed by atoms with E-state index in [9.17, 15) is 22.8 Å². The number of carbonyl (C=O) groups excluding carboxylic acids is 3. The van der Waals surface area contributed by atoms with Gasteiger partial charge in [-0.2, -0.15) is 0 Å². The van der Waals surface area contributed by atoms with Crippen molar-refractivity contribution in [3.63, 3.8) is 0 Å². The van der Waals surface area contributed by atoms with Gasteiger partial charge >= 0.3 is 11.9 Å². The number of anilines is 1. The SMILES string of the molecule is COC(=O)C(C)(C)C(=O)OCOC1=C(C(=O)Nc2ccccn2)N(C)S(=O)(=O)c2ccccc21. The summed E-state index contributed by atoms with van der Waals surface area (Å²) < 4.78 is 42.2. The second-order valence-corrected chi connectivity index (χ2v) is 9.56. The zero-order valence-electron chi connectivity index (χ0n) is 18.9. The number of sulfonamides is 1. The fraction of sp³-hybridized carbons (Fsp3) is 0.273. The lowest BCUT2D eigenvalue weighted by molar-refractivity contribution is -0.173. The Bertz CT molecular complexity index is 1260. The molecule has 11 nitrogen and oxygen atoms in total. The van der Waals surface area contributed by atoms with Crippen LogP contribution in [0, 0.1) is 5.41 Å². The monoisotopic (exact) mass is 489 g/mol. The number of benzene rings is 1. The summed E-state index contributed by atoms with van der Waals surface area (Å²) in [6, 6.07) is 10.8. The van der Waals surface area contributed by atoms with Gasteiger partial charge in [-0.25, -0.2) is 13.4 Å². The number of amides is 1. The molecule has 12 heteroatoms. The predicted molar refractivity (Wildman–Crippen MR) is 119 cm³/mol. The van der Waals surface area contributed by atoms with Crippen LogP contribution in [0.5, 0.6) is 0 Å². The van der Waals surface area contributed by atoms with Crippen molar-refractivity contribution in [3.8, 4) is 0 Å². The fourth-order valence-corrected chi connectivity index (χ4v) is 4.47. The van der Waals surface area contributed by atoms with Crippen LogP contribution >= 0.6 is 0 Å². The molecule has 1 aromatic heterocycles. The Labute approximate surface area is 196 Å². The van der Waals surface area contributed by atoms with E-state index in [4.69, 9.17) is 9.47 Å². The van der Waals surface area contributed by atoms with Crippen LogP contribution in [0.4, 0.5) is 5.82 Å². The molecule has 1 aliphatic rings. The lowest BCUT2D eigenvalue weighted by atomic mass is 9.94. The average molecular weight is 490 g/mol. The van der Waals surface area contributed by atoms with E-state index in [2.05, 4.69) is 15.0 Å². The molecular formula is C22H23N3O8S. The number of methoxy groups -OCH3 is 1. The second-order valence-electron chi connectivity index (χ2n) is 7.63. The Hall–Kier alpha value is -3.93. The largest absolute Gasteiger partial charge is 0.468 e. The summed E-state index contributed by atoms with van der Waals surface area (Å²) in [5, 5.41) is 2.52. The number of hydrogen-bond acceptors (Lipinski definition) is 9.